The van der Waals surface area contributed by atoms with Gasteiger partial charge in [0, 0.05) is 12.7 Å². The lowest BCUT2D eigenvalue weighted by molar-refractivity contribution is -0.116. The van der Waals surface area contributed by atoms with Gasteiger partial charge >= 0.3 is 0 Å². The molecule has 0 bridgehead atoms. The van der Waals surface area contributed by atoms with Crippen LogP contribution in [0.15, 0.2) is 47.1 Å². The third-order valence-electron chi connectivity index (χ3n) is 2.88. The molecule has 0 aliphatic rings. The summed E-state index contributed by atoms with van der Waals surface area (Å²) in [5, 5.41) is 11.6. The molecule has 0 unspecified atom stereocenters. The first-order valence-electron chi connectivity index (χ1n) is 6.39. The van der Waals surface area contributed by atoms with Crippen LogP contribution in [0.2, 0.25) is 0 Å². The Bertz CT molecular complexity index is 605. The van der Waals surface area contributed by atoms with Crippen molar-refractivity contribution in [2.45, 2.75) is 6.61 Å². The Hall–Kier alpha value is -2.60. The Morgan fingerprint density at radius 3 is 2.52 bits per heavy atom. The molecule has 0 saturated carbocycles. The van der Waals surface area contributed by atoms with E-state index >= 15 is 0 Å². The number of furan rings is 1. The second-order valence-electron chi connectivity index (χ2n) is 4.54. The van der Waals surface area contributed by atoms with E-state index in [0.29, 0.717) is 5.69 Å². The number of benzene rings is 1. The standard InChI is InChI=1S/C15H16N2O4/c1-17(15(20)13-3-2-8-21-13)9-14(19)16-12-6-4-11(10-18)5-7-12/h2-8,18H,9-10H2,1H3,(H,16,19). The van der Waals surface area contributed by atoms with Crippen molar-refractivity contribution in [1.82, 2.24) is 4.90 Å². The fourth-order valence-corrected chi connectivity index (χ4v) is 1.77. The van der Waals surface area contributed by atoms with Gasteiger partial charge in [-0.3, -0.25) is 9.59 Å². The summed E-state index contributed by atoms with van der Waals surface area (Å²) in [5.74, 6) is -0.475. The topological polar surface area (TPSA) is 82.8 Å². The molecule has 1 heterocycles. The van der Waals surface area contributed by atoms with Crippen molar-refractivity contribution in [3.8, 4) is 0 Å². The normalized spacial score (nSPS) is 10.2. The van der Waals surface area contributed by atoms with E-state index in [9.17, 15) is 9.59 Å². The number of nitrogens with zero attached hydrogens (tertiary/aromatic N) is 1. The number of likely N-dealkylation sites (N-methyl/N-ethyl adjacent to an activating group) is 1. The number of carbonyl (C=O) groups is 2. The van der Waals surface area contributed by atoms with Crippen LogP contribution in [-0.4, -0.2) is 35.4 Å². The molecular formula is C15H16N2O4. The lowest BCUT2D eigenvalue weighted by atomic mass is 10.2. The fourth-order valence-electron chi connectivity index (χ4n) is 1.77. The zero-order valence-electron chi connectivity index (χ0n) is 11.6. The Morgan fingerprint density at radius 2 is 1.95 bits per heavy atom. The molecule has 6 nitrogen and oxygen atoms in total. The minimum absolute atomic E-state index is 0.0470. The molecule has 0 fully saturated rings. The number of hydrogen-bond acceptors (Lipinski definition) is 4. The molecule has 1 aromatic heterocycles. The Morgan fingerprint density at radius 1 is 1.24 bits per heavy atom. The summed E-state index contributed by atoms with van der Waals surface area (Å²) in [5.41, 5.74) is 1.37. The van der Waals surface area contributed by atoms with Crippen molar-refractivity contribution in [2.24, 2.45) is 0 Å². The molecule has 1 aromatic carbocycles. The van der Waals surface area contributed by atoms with Gasteiger partial charge in [0.2, 0.25) is 5.91 Å². The van der Waals surface area contributed by atoms with E-state index < -0.39 is 0 Å². The smallest absolute Gasteiger partial charge is 0.289 e. The molecule has 0 aliphatic carbocycles. The van der Waals surface area contributed by atoms with Crippen LogP contribution in [0.4, 0.5) is 5.69 Å². The molecule has 2 aromatic rings. The number of nitrogens with one attached hydrogen (secondary N) is 1. The summed E-state index contributed by atoms with van der Waals surface area (Å²) in [4.78, 5) is 25.0. The second kappa shape index (κ2) is 6.71. The van der Waals surface area contributed by atoms with Gasteiger partial charge in [0.15, 0.2) is 5.76 Å². The van der Waals surface area contributed by atoms with Gasteiger partial charge in [-0.2, -0.15) is 0 Å². The zero-order valence-corrected chi connectivity index (χ0v) is 11.6. The average Bonchev–Trinajstić information content (AvgIpc) is 3.01. The van der Waals surface area contributed by atoms with Crippen LogP contribution in [0.1, 0.15) is 16.1 Å². The molecule has 2 rings (SSSR count). The highest BCUT2D eigenvalue weighted by Crippen LogP contribution is 2.10. The van der Waals surface area contributed by atoms with Crippen molar-refractivity contribution in [3.05, 3.63) is 54.0 Å². The van der Waals surface area contributed by atoms with Gasteiger partial charge in [0.1, 0.15) is 0 Å². The summed E-state index contributed by atoms with van der Waals surface area (Å²) < 4.78 is 5.00. The number of rotatable bonds is 5. The van der Waals surface area contributed by atoms with E-state index in [4.69, 9.17) is 9.52 Å². The Kier molecular flexibility index (Phi) is 4.73. The van der Waals surface area contributed by atoms with E-state index in [2.05, 4.69) is 5.32 Å². The molecule has 0 radical (unpaired) electrons. The number of anilines is 1. The maximum Gasteiger partial charge on any atom is 0.289 e. The SMILES string of the molecule is CN(CC(=O)Nc1ccc(CO)cc1)C(=O)c1ccco1. The van der Waals surface area contributed by atoms with Gasteiger partial charge in [-0.25, -0.2) is 0 Å². The lowest BCUT2D eigenvalue weighted by Crippen LogP contribution is -2.34. The quantitative estimate of drug-likeness (QED) is 0.873. The van der Waals surface area contributed by atoms with Crippen molar-refractivity contribution < 1.29 is 19.1 Å². The first kappa shape index (κ1) is 14.8. The average molecular weight is 288 g/mol. The van der Waals surface area contributed by atoms with Crippen LogP contribution in [-0.2, 0) is 11.4 Å². The number of aliphatic hydroxyl groups excluding tert-OH is 1. The number of aliphatic hydroxyl groups is 1. The highest BCUT2D eigenvalue weighted by atomic mass is 16.3. The molecule has 6 heteroatoms. The Labute approximate surface area is 122 Å². The van der Waals surface area contributed by atoms with Crippen LogP contribution in [0.3, 0.4) is 0 Å². The maximum absolute atomic E-state index is 11.9. The maximum atomic E-state index is 11.9. The summed E-state index contributed by atoms with van der Waals surface area (Å²) >= 11 is 0. The molecule has 0 atom stereocenters. The first-order chi connectivity index (χ1) is 10.1. The molecule has 110 valence electrons. The highest BCUT2D eigenvalue weighted by molar-refractivity contribution is 5.97. The summed E-state index contributed by atoms with van der Waals surface area (Å²) in [6.07, 6.45) is 1.41. The van der Waals surface area contributed by atoms with Gasteiger partial charge < -0.3 is 19.7 Å². The minimum Gasteiger partial charge on any atom is -0.459 e. The molecule has 0 spiro atoms. The molecule has 0 aliphatic heterocycles. The number of carbonyl (C=O) groups excluding carboxylic acids is 2. The van der Waals surface area contributed by atoms with Crippen molar-refractivity contribution in [3.63, 3.8) is 0 Å². The number of hydrogen-bond donors (Lipinski definition) is 2. The predicted molar refractivity (Wildman–Crippen MR) is 76.7 cm³/mol. The van der Waals surface area contributed by atoms with Crippen molar-refractivity contribution >= 4 is 17.5 Å². The Balaban J connectivity index is 1.90. The van der Waals surface area contributed by atoms with Crippen molar-refractivity contribution in [1.29, 1.82) is 0 Å². The van der Waals surface area contributed by atoms with Crippen molar-refractivity contribution in [2.75, 3.05) is 18.9 Å². The van der Waals surface area contributed by atoms with Gasteiger partial charge in [-0.05, 0) is 29.8 Å². The molecule has 2 amide bonds. The summed E-state index contributed by atoms with van der Waals surface area (Å²) in [7, 11) is 1.53. The summed E-state index contributed by atoms with van der Waals surface area (Å²) in [6.45, 7) is -0.129. The van der Waals surface area contributed by atoms with Gasteiger partial charge in [0.25, 0.3) is 5.91 Å². The third-order valence-corrected chi connectivity index (χ3v) is 2.88. The zero-order chi connectivity index (χ0) is 15.2. The van der Waals surface area contributed by atoms with E-state index in [1.54, 1.807) is 36.4 Å². The van der Waals surface area contributed by atoms with Crippen LogP contribution >= 0.6 is 0 Å². The monoisotopic (exact) mass is 288 g/mol. The molecule has 21 heavy (non-hydrogen) atoms. The third kappa shape index (κ3) is 3.93. The van der Waals surface area contributed by atoms with E-state index in [1.165, 1.54) is 18.2 Å². The van der Waals surface area contributed by atoms with Gasteiger partial charge in [-0.15, -0.1) is 0 Å². The van der Waals surface area contributed by atoms with Crippen LogP contribution in [0.5, 0.6) is 0 Å². The molecular weight excluding hydrogens is 272 g/mol. The summed E-state index contributed by atoms with van der Waals surface area (Å²) in [6, 6.07) is 9.98. The lowest BCUT2D eigenvalue weighted by Gasteiger charge is -2.15. The van der Waals surface area contributed by atoms with Crippen LogP contribution < -0.4 is 5.32 Å². The van der Waals surface area contributed by atoms with E-state index in [0.717, 1.165) is 5.56 Å². The van der Waals surface area contributed by atoms with Crippen LogP contribution in [0, 0.1) is 0 Å². The van der Waals surface area contributed by atoms with E-state index in [-0.39, 0.29) is 30.7 Å². The minimum atomic E-state index is -0.356. The molecule has 2 N–H and O–H groups in total. The molecule has 0 saturated heterocycles. The predicted octanol–water partition coefficient (Wildman–Crippen LogP) is 1.48. The number of amides is 2. The second-order valence-corrected chi connectivity index (χ2v) is 4.54. The fraction of sp³-hybridized carbons (Fsp3) is 0.200. The van der Waals surface area contributed by atoms with E-state index in [1.807, 2.05) is 0 Å². The van der Waals surface area contributed by atoms with Gasteiger partial charge in [-0.1, -0.05) is 12.1 Å². The first-order valence-corrected chi connectivity index (χ1v) is 6.39. The largest absolute Gasteiger partial charge is 0.459 e. The van der Waals surface area contributed by atoms with Crippen LogP contribution in [0.25, 0.3) is 0 Å². The van der Waals surface area contributed by atoms with Gasteiger partial charge in [0.05, 0.1) is 19.4 Å². The highest BCUT2D eigenvalue weighted by Gasteiger charge is 2.17.